The quantitative estimate of drug-likeness (QED) is 0.653. The fraction of sp³-hybridized carbons (Fsp3) is 0.304. The molecule has 1 atom stereocenters. The van der Waals surface area contributed by atoms with Crippen molar-refractivity contribution in [1.82, 2.24) is 9.78 Å². The molecule has 0 fully saturated rings. The molecule has 1 aromatic heterocycles. The summed E-state index contributed by atoms with van der Waals surface area (Å²) >= 11 is 0. The Morgan fingerprint density at radius 1 is 1.00 bits per heavy atom. The van der Waals surface area contributed by atoms with Crippen LogP contribution in [-0.2, 0) is 6.42 Å². The molecule has 1 heterocycles. The van der Waals surface area contributed by atoms with Crippen LogP contribution < -0.4 is 0 Å². The molecule has 3 aromatic rings. The number of nitrogens with zero attached hydrogens (tertiary/aromatic N) is 2. The van der Waals surface area contributed by atoms with E-state index in [2.05, 4.69) is 43.2 Å². The van der Waals surface area contributed by atoms with Crippen LogP contribution >= 0.6 is 0 Å². The first-order chi connectivity index (χ1) is 12.5. The van der Waals surface area contributed by atoms with Gasteiger partial charge in [-0.2, -0.15) is 5.10 Å². The summed E-state index contributed by atoms with van der Waals surface area (Å²) in [5, 5.41) is 4.67. The summed E-state index contributed by atoms with van der Waals surface area (Å²) in [5.41, 5.74) is 6.29. The zero-order chi connectivity index (χ0) is 18.3. The molecule has 3 nitrogen and oxygen atoms in total. The van der Waals surface area contributed by atoms with Crippen LogP contribution in [0.1, 0.15) is 65.0 Å². The second-order valence-electron chi connectivity index (χ2n) is 7.50. The van der Waals surface area contributed by atoms with Crippen molar-refractivity contribution in [2.75, 3.05) is 0 Å². The number of hydrogen-bond donors (Lipinski definition) is 0. The highest BCUT2D eigenvalue weighted by molar-refractivity contribution is 6.00. The first-order valence-electron chi connectivity index (χ1n) is 9.31. The minimum Gasteiger partial charge on any atom is -0.294 e. The number of Topliss-reactive ketones (excluding diaryl/α,β-unsaturated/α-hetero) is 1. The van der Waals surface area contributed by atoms with Gasteiger partial charge in [0, 0.05) is 6.42 Å². The van der Waals surface area contributed by atoms with Crippen molar-refractivity contribution in [2.24, 2.45) is 0 Å². The zero-order valence-electron chi connectivity index (χ0n) is 15.6. The molecule has 0 spiro atoms. The summed E-state index contributed by atoms with van der Waals surface area (Å²) < 4.78 is 1.96. The number of carbonyl (C=O) groups is 1. The third-order valence-corrected chi connectivity index (χ3v) is 5.38. The molecule has 3 heteroatoms. The lowest BCUT2D eigenvalue weighted by atomic mass is 9.81. The molecule has 4 rings (SSSR count). The molecule has 132 valence electrons. The van der Waals surface area contributed by atoms with Gasteiger partial charge in [-0.15, -0.1) is 0 Å². The molecule has 0 N–H and O–H groups in total. The number of hydrogen-bond acceptors (Lipinski definition) is 2. The van der Waals surface area contributed by atoms with Gasteiger partial charge < -0.3 is 0 Å². The van der Waals surface area contributed by atoms with E-state index >= 15 is 0 Å². The molecule has 2 aromatic carbocycles. The van der Waals surface area contributed by atoms with Crippen molar-refractivity contribution < 1.29 is 4.79 Å². The van der Waals surface area contributed by atoms with Gasteiger partial charge in [0.05, 0.1) is 22.6 Å². The third kappa shape index (κ3) is 2.88. The van der Waals surface area contributed by atoms with Crippen LogP contribution in [0.15, 0.2) is 54.6 Å². The Hall–Kier alpha value is -2.68. The number of carbonyl (C=O) groups excluding carboxylic acids is 1. The highest BCUT2D eigenvalue weighted by Gasteiger charge is 2.32. The second-order valence-corrected chi connectivity index (χ2v) is 7.50. The molecule has 0 radical (unpaired) electrons. The molecule has 0 saturated carbocycles. The van der Waals surface area contributed by atoms with Gasteiger partial charge in [-0.3, -0.25) is 4.79 Å². The summed E-state index contributed by atoms with van der Waals surface area (Å²) in [5.74, 6) is 0.949. The predicted molar refractivity (Wildman–Crippen MR) is 104 cm³/mol. The van der Waals surface area contributed by atoms with E-state index < -0.39 is 0 Å². The fourth-order valence-electron chi connectivity index (χ4n) is 3.93. The molecule has 0 saturated heterocycles. The predicted octanol–water partition coefficient (Wildman–Crippen LogP) is 5.22. The first-order valence-corrected chi connectivity index (χ1v) is 9.31. The Labute approximate surface area is 154 Å². The highest BCUT2D eigenvalue weighted by atomic mass is 16.1. The number of ketones is 1. The molecule has 0 amide bonds. The van der Waals surface area contributed by atoms with Gasteiger partial charge in [-0.05, 0) is 48.4 Å². The van der Waals surface area contributed by atoms with Crippen molar-refractivity contribution in [2.45, 2.75) is 45.4 Å². The number of rotatable bonds is 3. The molecule has 0 aliphatic heterocycles. The zero-order valence-corrected chi connectivity index (χ0v) is 15.6. The average molecular weight is 344 g/mol. The van der Waals surface area contributed by atoms with Gasteiger partial charge in [0.25, 0.3) is 0 Å². The van der Waals surface area contributed by atoms with Crippen LogP contribution in [0.3, 0.4) is 0 Å². The Morgan fingerprint density at radius 3 is 2.35 bits per heavy atom. The van der Waals surface area contributed by atoms with E-state index in [1.165, 1.54) is 11.1 Å². The van der Waals surface area contributed by atoms with Crippen molar-refractivity contribution in [3.63, 3.8) is 0 Å². The molecule has 0 bridgehead atoms. The smallest absolute Gasteiger partial charge is 0.167 e. The van der Waals surface area contributed by atoms with Gasteiger partial charge in [-0.25, -0.2) is 4.68 Å². The van der Waals surface area contributed by atoms with E-state index in [0.717, 1.165) is 29.1 Å². The van der Waals surface area contributed by atoms with Crippen LogP contribution in [0, 0.1) is 6.92 Å². The monoisotopic (exact) mass is 344 g/mol. The summed E-state index contributed by atoms with van der Waals surface area (Å²) in [6.45, 7) is 6.34. The van der Waals surface area contributed by atoms with Crippen LogP contribution in [0.25, 0.3) is 5.69 Å². The number of benzene rings is 2. The van der Waals surface area contributed by atoms with Crippen molar-refractivity contribution in [3.8, 4) is 5.69 Å². The number of fused-ring (bicyclic) bond motifs is 1. The summed E-state index contributed by atoms with van der Waals surface area (Å²) in [6.07, 6.45) is 1.41. The SMILES string of the molecule is Cc1nn(-c2ccccc2)c2c1C(=O)C[C@@H](c1ccc(C(C)C)cc1)C2. The standard InChI is InChI=1S/C23H24N2O/c1-15(2)17-9-11-18(12-10-17)19-13-21-23(22(26)14-19)16(3)24-25(21)20-7-5-4-6-8-20/h4-12,15,19H,13-14H2,1-3H3/t19-/m0/s1. The highest BCUT2D eigenvalue weighted by Crippen LogP contribution is 2.35. The normalized spacial score (nSPS) is 16.8. The summed E-state index contributed by atoms with van der Waals surface area (Å²) in [4.78, 5) is 12.9. The molecule has 26 heavy (non-hydrogen) atoms. The molecule has 1 aliphatic carbocycles. The van der Waals surface area contributed by atoms with E-state index in [0.29, 0.717) is 12.3 Å². The van der Waals surface area contributed by atoms with Gasteiger partial charge in [0.15, 0.2) is 5.78 Å². The number of para-hydroxylation sites is 1. The van der Waals surface area contributed by atoms with Crippen molar-refractivity contribution in [1.29, 1.82) is 0 Å². The van der Waals surface area contributed by atoms with E-state index in [1.807, 2.05) is 41.9 Å². The lowest BCUT2D eigenvalue weighted by Gasteiger charge is -2.23. The second kappa shape index (κ2) is 6.56. The van der Waals surface area contributed by atoms with E-state index in [4.69, 9.17) is 0 Å². The van der Waals surface area contributed by atoms with Gasteiger partial charge in [0.1, 0.15) is 0 Å². The first kappa shape index (κ1) is 16.8. The maximum atomic E-state index is 12.9. The van der Waals surface area contributed by atoms with Crippen molar-refractivity contribution >= 4 is 5.78 Å². The fourth-order valence-corrected chi connectivity index (χ4v) is 3.93. The minimum atomic E-state index is 0.212. The van der Waals surface area contributed by atoms with Gasteiger partial charge >= 0.3 is 0 Å². The summed E-state index contributed by atoms with van der Waals surface area (Å²) in [7, 11) is 0. The molecule has 1 aliphatic rings. The van der Waals surface area contributed by atoms with Crippen LogP contribution in [0.4, 0.5) is 0 Å². The van der Waals surface area contributed by atoms with Gasteiger partial charge in [-0.1, -0.05) is 56.3 Å². The van der Waals surface area contributed by atoms with E-state index in [9.17, 15) is 4.79 Å². The summed E-state index contributed by atoms with van der Waals surface area (Å²) in [6, 6.07) is 18.9. The largest absolute Gasteiger partial charge is 0.294 e. The van der Waals surface area contributed by atoms with Crippen LogP contribution in [0.5, 0.6) is 0 Å². The maximum absolute atomic E-state index is 12.9. The topological polar surface area (TPSA) is 34.9 Å². The molecular weight excluding hydrogens is 320 g/mol. The Balaban J connectivity index is 1.72. The lowest BCUT2D eigenvalue weighted by Crippen LogP contribution is -2.20. The van der Waals surface area contributed by atoms with Crippen LogP contribution in [-0.4, -0.2) is 15.6 Å². The lowest BCUT2D eigenvalue weighted by molar-refractivity contribution is 0.0963. The van der Waals surface area contributed by atoms with Crippen LogP contribution in [0.2, 0.25) is 0 Å². The average Bonchev–Trinajstić information content (AvgIpc) is 2.99. The minimum absolute atomic E-state index is 0.212. The molecular formula is C23H24N2O. The Morgan fingerprint density at radius 2 is 1.69 bits per heavy atom. The Bertz CT molecular complexity index is 936. The Kier molecular flexibility index (Phi) is 4.23. The third-order valence-electron chi connectivity index (χ3n) is 5.38. The van der Waals surface area contributed by atoms with Gasteiger partial charge in [0.2, 0.25) is 0 Å². The van der Waals surface area contributed by atoms with Crippen molar-refractivity contribution in [3.05, 3.63) is 82.7 Å². The molecule has 0 unspecified atom stereocenters. The van der Waals surface area contributed by atoms with E-state index in [-0.39, 0.29) is 11.7 Å². The van der Waals surface area contributed by atoms with E-state index in [1.54, 1.807) is 0 Å². The number of aryl methyl sites for hydroxylation is 1. The maximum Gasteiger partial charge on any atom is 0.167 e. The number of aromatic nitrogens is 2.